The molecule has 23 heavy (non-hydrogen) atoms. The van der Waals surface area contributed by atoms with Gasteiger partial charge in [-0.15, -0.1) is 0 Å². The number of benzene rings is 2. The van der Waals surface area contributed by atoms with Crippen molar-refractivity contribution in [1.29, 1.82) is 0 Å². The van der Waals surface area contributed by atoms with E-state index in [0.29, 0.717) is 24.0 Å². The molecular formula is C22H20O. The summed E-state index contributed by atoms with van der Waals surface area (Å²) in [4.78, 5) is 12.4. The van der Waals surface area contributed by atoms with Gasteiger partial charge in [-0.2, -0.15) is 0 Å². The van der Waals surface area contributed by atoms with Crippen LogP contribution in [-0.4, -0.2) is 5.78 Å². The second-order valence-corrected chi connectivity index (χ2v) is 7.48. The summed E-state index contributed by atoms with van der Waals surface area (Å²) in [5.74, 6) is 1.66. The Morgan fingerprint density at radius 3 is 2.57 bits per heavy atom. The Labute approximate surface area is 137 Å². The zero-order chi connectivity index (χ0) is 15.4. The fourth-order valence-corrected chi connectivity index (χ4v) is 5.19. The number of carbonyl (C=O) groups is 1. The van der Waals surface area contributed by atoms with Crippen molar-refractivity contribution in [3.05, 3.63) is 71.8 Å². The number of allylic oxidation sites excluding steroid dienone is 2. The first kappa shape index (κ1) is 13.3. The first-order chi connectivity index (χ1) is 11.2. The Balaban J connectivity index is 1.68. The van der Waals surface area contributed by atoms with E-state index in [-0.39, 0.29) is 5.41 Å². The molecule has 3 aliphatic rings. The zero-order valence-corrected chi connectivity index (χ0v) is 13.2. The molecule has 3 aliphatic carbocycles. The van der Waals surface area contributed by atoms with Gasteiger partial charge in [0.1, 0.15) is 5.78 Å². The smallest absolute Gasteiger partial charge is 0.138 e. The summed E-state index contributed by atoms with van der Waals surface area (Å²) in [7, 11) is 0. The number of fused-ring (bicyclic) bond motifs is 5. The minimum Gasteiger partial charge on any atom is -0.299 e. The molecule has 0 aromatic heterocycles. The Morgan fingerprint density at radius 1 is 0.957 bits per heavy atom. The first-order valence-electron chi connectivity index (χ1n) is 8.63. The van der Waals surface area contributed by atoms with E-state index in [1.54, 1.807) is 0 Å². The molecule has 3 atom stereocenters. The van der Waals surface area contributed by atoms with Gasteiger partial charge in [0.05, 0.1) is 0 Å². The number of carbonyl (C=O) groups excluding carboxylic acids is 1. The fraction of sp³-hybridized carbons (Fsp3) is 0.318. The molecule has 0 radical (unpaired) electrons. The Hall–Kier alpha value is -2.15. The van der Waals surface area contributed by atoms with Gasteiger partial charge in [-0.05, 0) is 46.9 Å². The van der Waals surface area contributed by atoms with Crippen molar-refractivity contribution in [1.82, 2.24) is 0 Å². The lowest BCUT2D eigenvalue weighted by Crippen LogP contribution is -2.38. The van der Waals surface area contributed by atoms with Gasteiger partial charge in [-0.1, -0.05) is 60.7 Å². The van der Waals surface area contributed by atoms with E-state index < -0.39 is 0 Å². The Morgan fingerprint density at radius 2 is 1.83 bits per heavy atom. The van der Waals surface area contributed by atoms with Crippen LogP contribution in [0.2, 0.25) is 0 Å². The van der Waals surface area contributed by atoms with Crippen LogP contribution < -0.4 is 0 Å². The summed E-state index contributed by atoms with van der Waals surface area (Å²) in [5, 5.41) is 0. The summed E-state index contributed by atoms with van der Waals surface area (Å²) >= 11 is 0. The lowest BCUT2D eigenvalue weighted by molar-refractivity contribution is -0.120. The van der Waals surface area contributed by atoms with Gasteiger partial charge in [0.25, 0.3) is 0 Å². The van der Waals surface area contributed by atoms with Crippen molar-refractivity contribution in [2.24, 2.45) is 11.8 Å². The monoisotopic (exact) mass is 300 g/mol. The van der Waals surface area contributed by atoms with Crippen molar-refractivity contribution in [3.63, 3.8) is 0 Å². The largest absolute Gasteiger partial charge is 0.299 e. The highest BCUT2D eigenvalue weighted by Crippen LogP contribution is 2.57. The van der Waals surface area contributed by atoms with Gasteiger partial charge in [0.2, 0.25) is 0 Å². The molecule has 0 N–H and O–H groups in total. The maximum Gasteiger partial charge on any atom is 0.138 e. The van der Waals surface area contributed by atoms with E-state index in [0.717, 1.165) is 12.8 Å². The number of Topliss-reactive ketones (excluding diaryl/α,β-unsaturated/α-hetero) is 1. The van der Waals surface area contributed by atoms with Crippen LogP contribution in [0.4, 0.5) is 0 Å². The van der Waals surface area contributed by atoms with E-state index in [2.05, 4.69) is 60.7 Å². The summed E-state index contributed by atoms with van der Waals surface area (Å²) in [6, 6.07) is 17.3. The lowest BCUT2D eigenvalue weighted by Gasteiger charge is -2.40. The molecule has 1 saturated carbocycles. The molecule has 1 nitrogen and oxygen atoms in total. The zero-order valence-electron chi connectivity index (χ0n) is 13.2. The van der Waals surface area contributed by atoms with Crippen molar-refractivity contribution in [2.75, 3.05) is 0 Å². The second-order valence-electron chi connectivity index (χ2n) is 7.48. The molecule has 1 fully saturated rings. The summed E-state index contributed by atoms with van der Waals surface area (Å²) in [6.45, 7) is 0. The fourth-order valence-electron chi connectivity index (χ4n) is 5.19. The van der Waals surface area contributed by atoms with E-state index in [9.17, 15) is 4.79 Å². The third-order valence-corrected chi connectivity index (χ3v) is 6.16. The summed E-state index contributed by atoms with van der Waals surface area (Å²) in [6.07, 6.45) is 8.51. The molecule has 5 rings (SSSR count). The van der Waals surface area contributed by atoms with Gasteiger partial charge < -0.3 is 0 Å². The quantitative estimate of drug-likeness (QED) is 0.698. The van der Waals surface area contributed by atoms with Gasteiger partial charge in [-0.25, -0.2) is 0 Å². The van der Waals surface area contributed by atoms with Gasteiger partial charge in [-0.3, -0.25) is 4.79 Å². The van der Waals surface area contributed by atoms with E-state index in [1.165, 1.54) is 28.7 Å². The molecule has 0 aliphatic heterocycles. The van der Waals surface area contributed by atoms with Crippen LogP contribution in [0.3, 0.4) is 0 Å². The molecule has 0 saturated heterocycles. The SMILES string of the molecule is O=C1Cc2ccc(-c3ccccc3)cc2C2(C1)CC1C=CC2C1. The molecule has 2 aromatic carbocycles. The van der Waals surface area contributed by atoms with Crippen LogP contribution in [0.25, 0.3) is 11.1 Å². The van der Waals surface area contributed by atoms with Crippen LogP contribution in [0, 0.1) is 11.8 Å². The summed E-state index contributed by atoms with van der Waals surface area (Å²) < 4.78 is 0. The highest BCUT2D eigenvalue weighted by molar-refractivity contribution is 5.86. The van der Waals surface area contributed by atoms with Crippen LogP contribution in [-0.2, 0) is 16.6 Å². The standard InChI is InChI=1S/C22H20O/c23-20-11-18-8-7-17(16-4-2-1-3-5-16)12-21(18)22(14-20)13-15-6-9-19(22)10-15/h1-9,12,15,19H,10-11,13-14H2. The minimum atomic E-state index is 0.0782. The Bertz CT molecular complexity index is 817. The predicted octanol–water partition coefficient (Wildman–Crippen LogP) is 4.70. The highest BCUT2D eigenvalue weighted by Gasteiger charge is 2.52. The highest BCUT2D eigenvalue weighted by atomic mass is 16.1. The maximum atomic E-state index is 12.4. The number of rotatable bonds is 1. The number of hydrogen-bond acceptors (Lipinski definition) is 1. The van der Waals surface area contributed by atoms with Gasteiger partial charge >= 0.3 is 0 Å². The van der Waals surface area contributed by atoms with Crippen molar-refractivity contribution in [3.8, 4) is 11.1 Å². The minimum absolute atomic E-state index is 0.0782. The van der Waals surface area contributed by atoms with Crippen LogP contribution >= 0.6 is 0 Å². The molecule has 2 bridgehead atoms. The molecule has 1 heteroatoms. The van der Waals surface area contributed by atoms with Crippen LogP contribution in [0.1, 0.15) is 30.4 Å². The predicted molar refractivity (Wildman–Crippen MR) is 92.2 cm³/mol. The van der Waals surface area contributed by atoms with Gasteiger partial charge in [0.15, 0.2) is 0 Å². The Kier molecular flexibility index (Phi) is 2.70. The maximum absolute atomic E-state index is 12.4. The molecule has 114 valence electrons. The van der Waals surface area contributed by atoms with Crippen molar-refractivity contribution >= 4 is 5.78 Å². The molecule has 0 amide bonds. The second kappa shape index (κ2) is 4.67. The number of hydrogen-bond donors (Lipinski definition) is 0. The van der Waals surface area contributed by atoms with E-state index in [4.69, 9.17) is 0 Å². The molecular weight excluding hydrogens is 280 g/mol. The van der Waals surface area contributed by atoms with Crippen molar-refractivity contribution < 1.29 is 4.79 Å². The third-order valence-electron chi connectivity index (χ3n) is 6.16. The first-order valence-corrected chi connectivity index (χ1v) is 8.63. The molecule has 2 aromatic rings. The normalized spacial score (nSPS) is 30.9. The average molecular weight is 300 g/mol. The van der Waals surface area contributed by atoms with Crippen LogP contribution in [0.15, 0.2) is 60.7 Å². The van der Waals surface area contributed by atoms with Gasteiger partial charge in [0, 0.05) is 18.3 Å². The topological polar surface area (TPSA) is 17.1 Å². The van der Waals surface area contributed by atoms with E-state index in [1.807, 2.05) is 0 Å². The lowest BCUT2D eigenvalue weighted by atomic mass is 9.62. The molecule has 3 unspecified atom stereocenters. The number of ketones is 1. The van der Waals surface area contributed by atoms with E-state index >= 15 is 0 Å². The van der Waals surface area contributed by atoms with Crippen LogP contribution in [0.5, 0.6) is 0 Å². The molecule has 1 spiro atoms. The summed E-state index contributed by atoms with van der Waals surface area (Å²) in [5.41, 5.74) is 5.34. The van der Waals surface area contributed by atoms with Crippen molar-refractivity contribution in [2.45, 2.75) is 31.1 Å². The third kappa shape index (κ3) is 1.89. The molecule has 0 heterocycles. The average Bonchev–Trinajstić information content (AvgIpc) is 3.16.